The number of carbonyl (C=O) groups is 4. The summed E-state index contributed by atoms with van der Waals surface area (Å²) in [5.74, 6) is 5.64. The van der Waals surface area contributed by atoms with Crippen LogP contribution in [0.1, 0.15) is 31.8 Å². The fourth-order valence-corrected chi connectivity index (χ4v) is 2.73. The highest BCUT2D eigenvalue weighted by Gasteiger charge is 2.11. The standard InChI is InChI=1S/C26H16N2O6/c29-23(30)14-8-17-4-10-21(11-5-17)27-25(33)19-2-1-3-20(16-19)26(34)28-22-12-6-18(7-13-22)9-15-24(31)32/h1-7,10-13,16H,(H,27,33)(H,28,34)(H,29,30)(H,31,32). The van der Waals surface area contributed by atoms with Crippen molar-refractivity contribution in [2.75, 3.05) is 10.6 Å². The molecular weight excluding hydrogens is 436 g/mol. The zero-order chi connectivity index (χ0) is 24.5. The third-order valence-corrected chi connectivity index (χ3v) is 4.30. The fraction of sp³-hybridized carbons (Fsp3) is 0. The number of amides is 2. The third-order valence-electron chi connectivity index (χ3n) is 4.30. The van der Waals surface area contributed by atoms with Crippen LogP contribution in [0.15, 0.2) is 72.8 Å². The monoisotopic (exact) mass is 452 g/mol. The normalized spacial score (nSPS) is 9.41. The Labute approximate surface area is 194 Å². The Kier molecular flexibility index (Phi) is 7.41. The van der Waals surface area contributed by atoms with Crippen LogP contribution in [0, 0.1) is 23.7 Å². The Morgan fingerprint density at radius 1 is 0.588 bits per heavy atom. The van der Waals surface area contributed by atoms with E-state index >= 15 is 0 Å². The molecule has 8 heteroatoms. The summed E-state index contributed by atoms with van der Waals surface area (Å²) in [7, 11) is 0. The number of carboxylic acid groups (broad SMARTS) is 2. The second-order valence-electron chi connectivity index (χ2n) is 6.75. The first-order valence-electron chi connectivity index (χ1n) is 9.73. The largest absolute Gasteiger partial charge is 0.472 e. The molecule has 0 spiro atoms. The number of rotatable bonds is 4. The number of anilines is 2. The number of aliphatic carboxylic acids is 2. The van der Waals surface area contributed by atoms with E-state index in [-0.39, 0.29) is 11.1 Å². The van der Waals surface area contributed by atoms with Crippen LogP contribution in [0.2, 0.25) is 0 Å². The molecule has 0 aliphatic heterocycles. The Bertz CT molecular complexity index is 1280. The molecule has 2 amide bonds. The minimum Gasteiger partial charge on any atom is -0.472 e. The number of hydrogen-bond donors (Lipinski definition) is 4. The van der Waals surface area contributed by atoms with E-state index in [0.29, 0.717) is 22.5 Å². The molecule has 3 aromatic rings. The van der Waals surface area contributed by atoms with Gasteiger partial charge in [0.2, 0.25) is 0 Å². The number of carbonyl (C=O) groups excluding carboxylic acids is 2. The summed E-state index contributed by atoms with van der Waals surface area (Å²) in [6.45, 7) is 0. The van der Waals surface area contributed by atoms with E-state index in [4.69, 9.17) is 10.2 Å². The molecule has 3 rings (SSSR count). The van der Waals surface area contributed by atoms with Gasteiger partial charge in [0.1, 0.15) is 0 Å². The highest BCUT2D eigenvalue weighted by molar-refractivity contribution is 6.08. The van der Waals surface area contributed by atoms with Crippen LogP contribution in [0.25, 0.3) is 0 Å². The van der Waals surface area contributed by atoms with Crippen LogP contribution in [0.3, 0.4) is 0 Å². The van der Waals surface area contributed by atoms with Gasteiger partial charge >= 0.3 is 11.9 Å². The molecule has 0 aliphatic rings. The van der Waals surface area contributed by atoms with E-state index in [9.17, 15) is 19.2 Å². The van der Waals surface area contributed by atoms with Gasteiger partial charge in [0.15, 0.2) is 0 Å². The summed E-state index contributed by atoms with van der Waals surface area (Å²) in [6.07, 6.45) is 0. The quantitative estimate of drug-likeness (QED) is 0.450. The summed E-state index contributed by atoms with van der Waals surface area (Å²) in [6, 6.07) is 18.8. The second kappa shape index (κ2) is 10.8. The molecule has 4 N–H and O–H groups in total. The van der Waals surface area contributed by atoms with Gasteiger partial charge < -0.3 is 20.8 Å². The molecule has 0 saturated carbocycles. The first-order chi connectivity index (χ1) is 16.3. The van der Waals surface area contributed by atoms with Crippen molar-refractivity contribution in [1.82, 2.24) is 0 Å². The van der Waals surface area contributed by atoms with Crippen molar-refractivity contribution in [3.05, 3.63) is 95.1 Å². The van der Waals surface area contributed by atoms with Gasteiger partial charge in [-0.05, 0) is 66.7 Å². The van der Waals surface area contributed by atoms with Gasteiger partial charge in [-0.25, -0.2) is 9.59 Å². The predicted molar refractivity (Wildman–Crippen MR) is 124 cm³/mol. The lowest BCUT2D eigenvalue weighted by atomic mass is 10.1. The van der Waals surface area contributed by atoms with Crippen LogP contribution in [-0.4, -0.2) is 34.0 Å². The molecule has 34 heavy (non-hydrogen) atoms. The molecule has 0 unspecified atom stereocenters. The Hall–Kier alpha value is -5.34. The summed E-state index contributed by atoms with van der Waals surface area (Å²) >= 11 is 0. The first-order valence-corrected chi connectivity index (χ1v) is 9.73. The van der Waals surface area contributed by atoms with Crippen LogP contribution < -0.4 is 10.6 Å². The smallest absolute Gasteiger partial charge is 0.382 e. The van der Waals surface area contributed by atoms with Crippen LogP contribution >= 0.6 is 0 Å². The number of benzene rings is 3. The topological polar surface area (TPSA) is 133 Å². The van der Waals surface area contributed by atoms with Gasteiger partial charge in [-0.2, -0.15) is 0 Å². The van der Waals surface area contributed by atoms with E-state index in [1.165, 1.54) is 6.07 Å². The van der Waals surface area contributed by atoms with E-state index < -0.39 is 23.8 Å². The Morgan fingerprint density at radius 3 is 1.32 bits per heavy atom. The molecule has 8 nitrogen and oxygen atoms in total. The zero-order valence-corrected chi connectivity index (χ0v) is 17.5. The lowest BCUT2D eigenvalue weighted by molar-refractivity contribution is -0.131. The molecule has 0 aromatic heterocycles. The maximum atomic E-state index is 12.6. The molecular formula is C26H16N2O6. The average molecular weight is 452 g/mol. The van der Waals surface area contributed by atoms with Crippen LogP contribution in [0.4, 0.5) is 11.4 Å². The summed E-state index contributed by atoms with van der Waals surface area (Å²) in [4.78, 5) is 46.2. The molecule has 3 aromatic carbocycles. The van der Waals surface area contributed by atoms with Gasteiger partial charge in [0, 0.05) is 45.5 Å². The average Bonchev–Trinajstić information content (AvgIpc) is 2.83. The van der Waals surface area contributed by atoms with E-state index in [2.05, 4.69) is 22.5 Å². The maximum Gasteiger partial charge on any atom is 0.382 e. The molecule has 0 atom stereocenters. The van der Waals surface area contributed by atoms with Crippen molar-refractivity contribution in [2.24, 2.45) is 0 Å². The van der Waals surface area contributed by atoms with Crippen molar-refractivity contribution < 1.29 is 29.4 Å². The SMILES string of the molecule is O=C(O)C#Cc1ccc(NC(=O)c2cccc(C(=O)Nc3ccc(C#CC(=O)O)cc3)c2)cc1. The Balaban J connectivity index is 1.66. The molecule has 0 saturated heterocycles. The van der Waals surface area contributed by atoms with Gasteiger partial charge in [0.25, 0.3) is 11.8 Å². The first kappa shape index (κ1) is 23.3. The van der Waals surface area contributed by atoms with Crippen molar-refractivity contribution in [3.8, 4) is 23.7 Å². The van der Waals surface area contributed by atoms with E-state index in [1.807, 2.05) is 11.8 Å². The minimum absolute atomic E-state index is 0.265. The maximum absolute atomic E-state index is 12.6. The van der Waals surface area contributed by atoms with Gasteiger partial charge in [0.05, 0.1) is 0 Å². The third kappa shape index (κ3) is 6.84. The van der Waals surface area contributed by atoms with Crippen molar-refractivity contribution in [1.29, 1.82) is 0 Å². The molecule has 0 heterocycles. The van der Waals surface area contributed by atoms with Gasteiger partial charge in [-0.1, -0.05) is 17.9 Å². The van der Waals surface area contributed by atoms with Gasteiger partial charge in [-0.15, -0.1) is 0 Å². The minimum atomic E-state index is -1.23. The van der Waals surface area contributed by atoms with E-state index in [0.717, 1.165) is 0 Å². The summed E-state index contributed by atoms with van der Waals surface area (Å²) in [5.41, 5.74) is 2.46. The van der Waals surface area contributed by atoms with E-state index in [1.54, 1.807) is 66.7 Å². The highest BCUT2D eigenvalue weighted by Crippen LogP contribution is 2.14. The summed E-state index contributed by atoms with van der Waals surface area (Å²) < 4.78 is 0. The zero-order valence-electron chi connectivity index (χ0n) is 17.5. The molecule has 166 valence electrons. The van der Waals surface area contributed by atoms with Crippen LogP contribution in [0.5, 0.6) is 0 Å². The lowest BCUT2D eigenvalue weighted by Gasteiger charge is -2.08. The second-order valence-corrected chi connectivity index (χ2v) is 6.75. The molecule has 0 aliphatic carbocycles. The molecule has 0 bridgehead atoms. The van der Waals surface area contributed by atoms with Crippen molar-refractivity contribution in [2.45, 2.75) is 0 Å². The fourth-order valence-electron chi connectivity index (χ4n) is 2.73. The Morgan fingerprint density at radius 2 is 0.971 bits per heavy atom. The molecule has 0 fully saturated rings. The number of hydrogen-bond acceptors (Lipinski definition) is 4. The van der Waals surface area contributed by atoms with Gasteiger partial charge in [-0.3, -0.25) is 9.59 Å². The number of nitrogens with one attached hydrogen (secondary N) is 2. The lowest BCUT2D eigenvalue weighted by Crippen LogP contribution is -2.15. The summed E-state index contributed by atoms with van der Waals surface area (Å²) in [5, 5.41) is 22.6. The highest BCUT2D eigenvalue weighted by atomic mass is 16.4. The van der Waals surface area contributed by atoms with Crippen LogP contribution in [-0.2, 0) is 9.59 Å². The molecule has 0 radical (unpaired) electrons. The number of carboxylic acids is 2. The van der Waals surface area contributed by atoms with Crippen molar-refractivity contribution in [3.63, 3.8) is 0 Å². The van der Waals surface area contributed by atoms with Crippen molar-refractivity contribution >= 4 is 35.1 Å². The predicted octanol–water partition coefficient (Wildman–Crippen LogP) is 3.06.